The van der Waals surface area contributed by atoms with Crippen LogP contribution in [0.1, 0.15) is 29.9 Å². The van der Waals surface area contributed by atoms with Crippen molar-refractivity contribution in [3.05, 3.63) is 28.1 Å². The first kappa shape index (κ1) is 15.1. The molecule has 20 heavy (non-hydrogen) atoms. The molecule has 1 unspecified atom stereocenters. The van der Waals surface area contributed by atoms with E-state index < -0.39 is 0 Å². The zero-order chi connectivity index (χ0) is 14.9. The second-order valence-corrected chi connectivity index (χ2v) is 6.67. The highest BCUT2D eigenvalue weighted by Crippen LogP contribution is 2.35. The van der Waals surface area contributed by atoms with Crippen molar-refractivity contribution in [2.45, 2.75) is 20.3 Å². The van der Waals surface area contributed by atoms with E-state index in [4.69, 9.17) is 17.3 Å². The van der Waals surface area contributed by atoms with Gasteiger partial charge in [0, 0.05) is 28.7 Å². The maximum atomic E-state index is 12.5. The number of anilines is 1. The topological polar surface area (TPSA) is 46.3 Å². The Morgan fingerprint density at radius 1 is 1.50 bits per heavy atom. The minimum absolute atomic E-state index is 0.0138. The summed E-state index contributed by atoms with van der Waals surface area (Å²) in [6.45, 7) is 5.00. The summed E-state index contributed by atoms with van der Waals surface area (Å²) in [7, 11) is 1.82. The average molecular weight is 311 g/mol. The van der Waals surface area contributed by atoms with Crippen molar-refractivity contribution in [3.8, 4) is 0 Å². The highest BCUT2D eigenvalue weighted by atomic mass is 35.5. The lowest BCUT2D eigenvalue weighted by molar-refractivity contribution is 0.0780. The first-order valence-corrected chi connectivity index (χ1v) is 7.86. The molecule has 0 aliphatic carbocycles. The highest BCUT2D eigenvalue weighted by Gasteiger charge is 2.20. The summed E-state index contributed by atoms with van der Waals surface area (Å²) in [6, 6.07) is 5.54. The van der Waals surface area contributed by atoms with Crippen LogP contribution in [0.5, 0.6) is 0 Å². The summed E-state index contributed by atoms with van der Waals surface area (Å²) < 4.78 is 0.993. The largest absolute Gasteiger partial charge is 0.397 e. The molecule has 3 nitrogen and oxygen atoms in total. The van der Waals surface area contributed by atoms with Gasteiger partial charge in [-0.3, -0.25) is 4.79 Å². The Bertz CT molecular complexity index is 638. The van der Waals surface area contributed by atoms with Gasteiger partial charge in [0.2, 0.25) is 0 Å². The number of hydrogen-bond donors (Lipinski definition) is 1. The summed E-state index contributed by atoms with van der Waals surface area (Å²) in [5, 5.41) is 1.50. The summed E-state index contributed by atoms with van der Waals surface area (Å²) in [4.78, 5) is 14.8. The highest BCUT2D eigenvalue weighted by molar-refractivity contribution is 7.21. The Morgan fingerprint density at radius 3 is 2.85 bits per heavy atom. The zero-order valence-corrected chi connectivity index (χ0v) is 13.5. The molecule has 0 saturated carbocycles. The van der Waals surface area contributed by atoms with Crippen LogP contribution in [0.2, 0.25) is 5.02 Å². The Kier molecular flexibility index (Phi) is 4.55. The fourth-order valence-electron chi connectivity index (χ4n) is 2.10. The van der Waals surface area contributed by atoms with Crippen LogP contribution in [-0.4, -0.2) is 24.4 Å². The molecule has 0 bridgehead atoms. The number of nitrogen functional groups attached to an aromatic ring is 1. The number of nitrogens with two attached hydrogens (primary N) is 1. The third-order valence-corrected chi connectivity index (χ3v) is 4.92. The van der Waals surface area contributed by atoms with Gasteiger partial charge in [0.1, 0.15) is 4.88 Å². The molecule has 108 valence electrons. The van der Waals surface area contributed by atoms with Crippen LogP contribution in [0, 0.1) is 5.92 Å². The molecular weight excluding hydrogens is 292 g/mol. The molecule has 0 fully saturated rings. The van der Waals surface area contributed by atoms with Gasteiger partial charge in [-0.1, -0.05) is 31.9 Å². The lowest BCUT2D eigenvalue weighted by Crippen LogP contribution is -2.30. The van der Waals surface area contributed by atoms with E-state index in [1.54, 1.807) is 4.90 Å². The van der Waals surface area contributed by atoms with Crippen molar-refractivity contribution < 1.29 is 4.79 Å². The molecule has 2 N–H and O–H groups in total. The fourth-order valence-corrected chi connectivity index (χ4v) is 3.37. The lowest BCUT2D eigenvalue weighted by Gasteiger charge is -2.20. The molecule has 1 heterocycles. The summed E-state index contributed by atoms with van der Waals surface area (Å²) >= 11 is 7.41. The summed E-state index contributed by atoms with van der Waals surface area (Å²) in [6.07, 6.45) is 1.05. The maximum absolute atomic E-state index is 12.5. The van der Waals surface area contributed by atoms with Gasteiger partial charge in [0.15, 0.2) is 0 Å². The van der Waals surface area contributed by atoms with Crippen LogP contribution < -0.4 is 5.73 Å². The number of carbonyl (C=O) groups excluding carboxylic acids is 1. The summed E-state index contributed by atoms with van der Waals surface area (Å²) in [5.41, 5.74) is 6.65. The van der Waals surface area contributed by atoms with E-state index in [-0.39, 0.29) is 5.91 Å². The molecule has 1 aromatic carbocycles. The van der Waals surface area contributed by atoms with Crippen LogP contribution in [0.3, 0.4) is 0 Å². The molecule has 0 aliphatic heterocycles. The van der Waals surface area contributed by atoms with Gasteiger partial charge in [-0.15, -0.1) is 11.3 Å². The molecule has 0 aliphatic rings. The fraction of sp³-hybridized carbons (Fsp3) is 0.400. The number of rotatable bonds is 4. The van der Waals surface area contributed by atoms with Crippen molar-refractivity contribution in [3.63, 3.8) is 0 Å². The van der Waals surface area contributed by atoms with E-state index in [0.29, 0.717) is 21.5 Å². The van der Waals surface area contributed by atoms with E-state index >= 15 is 0 Å². The molecule has 1 amide bonds. The first-order valence-electron chi connectivity index (χ1n) is 6.67. The summed E-state index contributed by atoms with van der Waals surface area (Å²) in [5.74, 6) is 0.467. The number of halogens is 1. The third-order valence-electron chi connectivity index (χ3n) is 3.51. The van der Waals surface area contributed by atoms with Crippen LogP contribution in [0.4, 0.5) is 5.69 Å². The van der Waals surface area contributed by atoms with E-state index in [1.165, 1.54) is 11.3 Å². The smallest absolute Gasteiger partial charge is 0.265 e. The number of carbonyl (C=O) groups is 1. The van der Waals surface area contributed by atoms with Crippen molar-refractivity contribution in [1.82, 2.24) is 4.90 Å². The minimum Gasteiger partial charge on any atom is -0.397 e. The number of hydrogen-bond acceptors (Lipinski definition) is 3. The molecule has 0 spiro atoms. The van der Waals surface area contributed by atoms with Gasteiger partial charge >= 0.3 is 0 Å². The standard InChI is InChI=1S/C15H19ClN2OS/c1-4-9(2)8-18(3)15(19)14-13(17)11-7-10(16)5-6-12(11)20-14/h5-7,9H,4,8,17H2,1-3H3. The van der Waals surface area contributed by atoms with Gasteiger partial charge in [-0.05, 0) is 24.1 Å². The quantitative estimate of drug-likeness (QED) is 0.917. The van der Waals surface area contributed by atoms with Crippen LogP contribution in [0.25, 0.3) is 10.1 Å². The molecule has 0 saturated heterocycles. The van der Waals surface area contributed by atoms with Gasteiger partial charge in [-0.25, -0.2) is 0 Å². The Balaban J connectivity index is 2.33. The van der Waals surface area contributed by atoms with Crippen molar-refractivity contribution in [2.75, 3.05) is 19.3 Å². The van der Waals surface area contributed by atoms with Gasteiger partial charge < -0.3 is 10.6 Å². The lowest BCUT2D eigenvalue weighted by atomic mass is 10.1. The second-order valence-electron chi connectivity index (χ2n) is 5.18. The number of nitrogens with zero attached hydrogens (tertiary/aromatic N) is 1. The molecule has 1 aromatic heterocycles. The van der Waals surface area contributed by atoms with Crippen molar-refractivity contribution >= 4 is 44.6 Å². The van der Waals surface area contributed by atoms with Gasteiger partial charge in [-0.2, -0.15) is 0 Å². The molecule has 1 atom stereocenters. The van der Waals surface area contributed by atoms with Crippen molar-refractivity contribution in [1.29, 1.82) is 0 Å². The zero-order valence-electron chi connectivity index (χ0n) is 11.9. The van der Waals surface area contributed by atoms with Crippen LogP contribution >= 0.6 is 22.9 Å². The molecule has 2 aromatic rings. The predicted octanol–water partition coefficient (Wildman–Crippen LogP) is 4.26. The number of benzene rings is 1. The van der Waals surface area contributed by atoms with Crippen LogP contribution in [-0.2, 0) is 0 Å². The number of amides is 1. The van der Waals surface area contributed by atoms with E-state index in [2.05, 4.69) is 13.8 Å². The van der Waals surface area contributed by atoms with E-state index in [1.807, 2.05) is 25.2 Å². The van der Waals surface area contributed by atoms with E-state index in [9.17, 15) is 4.79 Å². The van der Waals surface area contributed by atoms with E-state index in [0.717, 1.165) is 23.1 Å². The minimum atomic E-state index is -0.0138. The molecule has 2 rings (SSSR count). The van der Waals surface area contributed by atoms with Crippen molar-refractivity contribution in [2.24, 2.45) is 5.92 Å². The number of thiophene rings is 1. The second kappa shape index (κ2) is 6.02. The molecule has 5 heteroatoms. The molecule has 0 radical (unpaired) electrons. The molecular formula is C15H19ClN2OS. The average Bonchev–Trinajstić information content (AvgIpc) is 2.75. The van der Waals surface area contributed by atoms with Gasteiger partial charge in [0.05, 0.1) is 5.69 Å². The van der Waals surface area contributed by atoms with Crippen LogP contribution in [0.15, 0.2) is 18.2 Å². The maximum Gasteiger partial charge on any atom is 0.265 e. The Hall–Kier alpha value is -1.26. The third kappa shape index (κ3) is 2.91. The van der Waals surface area contributed by atoms with Gasteiger partial charge in [0.25, 0.3) is 5.91 Å². The Labute approximate surface area is 128 Å². The monoisotopic (exact) mass is 310 g/mol. The first-order chi connectivity index (χ1) is 9.43. The normalized spacial score (nSPS) is 12.6. The Morgan fingerprint density at radius 2 is 2.20 bits per heavy atom. The predicted molar refractivity (Wildman–Crippen MR) is 87.7 cm³/mol. The SMILES string of the molecule is CCC(C)CN(C)C(=O)c1sc2ccc(Cl)cc2c1N. The number of fused-ring (bicyclic) bond motifs is 1.